The van der Waals surface area contributed by atoms with Crippen LogP contribution in [0.4, 0.5) is 0 Å². The molecule has 0 bridgehead atoms. The maximum Gasteiger partial charge on any atom is 0.107 e. The maximum atomic E-state index is 4.60. The molecule has 0 aliphatic rings. The van der Waals surface area contributed by atoms with Gasteiger partial charge in [-0.25, -0.2) is 4.98 Å². The molecule has 2 rings (SSSR count). The Morgan fingerprint density at radius 1 is 1.26 bits per heavy atom. The average Bonchev–Trinajstić information content (AvgIpc) is 2.80. The number of nitrogens with zero attached hydrogens (tertiary/aromatic N) is 2. The van der Waals surface area contributed by atoms with Crippen molar-refractivity contribution in [3.8, 4) is 0 Å². The predicted molar refractivity (Wildman–Crippen MR) is 84.2 cm³/mol. The van der Waals surface area contributed by atoms with Gasteiger partial charge in [0.15, 0.2) is 0 Å². The molecule has 5 heteroatoms. The molecule has 0 saturated carbocycles. The molecule has 0 atom stereocenters. The number of hydrogen-bond donors (Lipinski definition) is 1. The standard InChI is InChI=1S/C14H18BrN3S/c1-16-7-14-17-13(10-19-14)9-18(2)8-11-3-5-12(15)6-4-11/h3-6,10,16H,7-9H2,1-2H3. The van der Waals surface area contributed by atoms with E-state index in [1.807, 2.05) is 7.05 Å². The first-order valence-electron chi connectivity index (χ1n) is 6.18. The van der Waals surface area contributed by atoms with Gasteiger partial charge in [-0.15, -0.1) is 11.3 Å². The van der Waals surface area contributed by atoms with E-state index in [4.69, 9.17) is 0 Å². The highest BCUT2D eigenvalue weighted by Gasteiger charge is 2.05. The minimum atomic E-state index is 0.848. The van der Waals surface area contributed by atoms with Crippen LogP contribution in [0.15, 0.2) is 34.1 Å². The second-order valence-electron chi connectivity index (χ2n) is 4.56. The summed E-state index contributed by atoms with van der Waals surface area (Å²) in [6.45, 7) is 2.67. The van der Waals surface area contributed by atoms with Crippen LogP contribution < -0.4 is 5.32 Å². The summed E-state index contributed by atoms with van der Waals surface area (Å²) < 4.78 is 1.12. The molecular weight excluding hydrogens is 322 g/mol. The van der Waals surface area contributed by atoms with E-state index < -0.39 is 0 Å². The topological polar surface area (TPSA) is 28.2 Å². The number of halogens is 1. The second-order valence-corrected chi connectivity index (χ2v) is 6.42. The summed E-state index contributed by atoms with van der Waals surface area (Å²) >= 11 is 5.17. The summed E-state index contributed by atoms with van der Waals surface area (Å²) in [6, 6.07) is 8.45. The van der Waals surface area contributed by atoms with E-state index in [2.05, 4.69) is 67.8 Å². The van der Waals surface area contributed by atoms with Crippen LogP contribution in [0.5, 0.6) is 0 Å². The van der Waals surface area contributed by atoms with E-state index in [-0.39, 0.29) is 0 Å². The number of aromatic nitrogens is 1. The van der Waals surface area contributed by atoms with Crippen molar-refractivity contribution in [3.63, 3.8) is 0 Å². The van der Waals surface area contributed by atoms with Gasteiger partial charge in [0.1, 0.15) is 5.01 Å². The minimum absolute atomic E-state index is 0.848. The summed E-state index contributed by atoms with van der Waals surface area (Å²) in [7, 11) is 4.07. The molecule has 0 aliphatic carbocycles. The third-order valence-electron chi connectivity index (χ3n) is 2.72. The summed E-state index contributed by atoms with van der Waals surface area (Å²) in [5, 5.41) is 6.42. The van der Waals surface area contributed by atoms with Crippen LogP contribution in [0.2, 0.25) is 0 Å². The molecule has 1 aromatic heterocycles. The average molecular weight is 340 g/mol. The highest BCUT2D eigenvalue weighted by Crippen LogP contribution is 2.14. The summed E-state index contributed by atoms with van der Waals surface area (Å²) in [5.74, 6) is 0. The van der Waals surface area contributed by atoms with Gasteiger partial charge in [-0.05, 0) is 31.8 Å². The largest absolute Gasteiger partial charge is 0.314 e. The van der Waals surface area contributed by atoms with Gasteiger partial charge < -0.3 is 5.32 Å². The molecule has 0 amide bonds. The molecule has 0 aliphatic heterocycles. The molecule has 1 aromatic carbocycles. The van der Waals surface area contributed by atoms with Crippen molar-refractivity contribution in [1.82, 2.24) is 15.2 Å². The molecule has 0 spiro atoms. The van der Waals surface area contributed by atoms with Gasteiger partial charge in [-0.1, -0.05) is 28.1 Å². The van der Waals surface area contributed by atoms with Gasteiger partial charge in [0.05, 0.1) is 5.69 Å². The van der Waals surface area contributed by atoms with Crippen molar-refractivity contribution in [1.29, 1.82) is 0 Å². The van der Waals surface area contributed by atoms with E-state index in [0.29, 0.717) is 0 Å². The lowest BCUT2D eigenvalue weighted by Gasteiger charge is -2.15. The molecule has 1 N–H and O–H groups in total. The van der Waals surface area contributed by atoms with Crippen molar-refractivity contribution < 1.29 is 0 Å². The van der Waals surface area contributed by atoms with Gasteiger partial charge in [0, 0.05) is 29.5 Å². The fraction of sp³-hybridized carbons (Fsp3) is 0.357. The zero-order valence-electron chi connectivity index (χ0n) is 11.2. The number of hydrogen-bond acceptors (Lipinski definition) is 4. The number of thiazole rings is 1. The van der Waals surface area contributed by atoms with Crippen molar-refractivity contribution >= 4 is 27.3 Å². The predicted octanol–water partition coefficient (Wildman–Crippen LogP) is 3.26. The van der Waals surface area contributed by atoms with E-state index in [1.165, 1.54) is 5.56 Å². The van der Waals surface area contributed by atoms with Crippen LogP contribution in [-0.4, -0.2) is 24.0 Å². The van der Waals surface area contributed by atoms with Crippen molar-refractivity contribution in [2.24, 2.45) is 0 Å². The molecule has 19 heavy (non-hydrogen) atoms. The molecule has 0 radical (unpaired) electrons. The van der Waals surface area contributed by atoms with E-state index in [9.17, 15) is 0 Å². The second kappa shape index (κ2) is 7.14. The fourth-order valence-electron chi connectivity index (χ4n) is 1.89. The van der Waals surface area contributed by atoms with Crippen LogP contribution in [0.3, 0.4) is 0 Å². The van der Waals surface area contributed by atoms with Gasteiger partial charge >= 0.3 is 0 Å². The van der Waals surface area contributed by atoms with Crippen LogP contribution in [0.1, 0.15) is 16.3 Å². The Morgan fingerprint density at radius 3 is 2.68 bits per heavy atom. The third-order valence-corrected chi connectivity index (χ3v) is 4.15. The lowest BCUT2D eigenvalue weighted by Crippen LogP contribution is -2.17. The van der Waals surface area contributed by atoms with E-state index in [0.717, 1.165) is 34.8 Å². The molecule has 0 unspecified atom stereocenters. The summed E-state index contributed by atoms with van der Waals surface area (Å²) in [5.41, 5.74) is 2.46. The first-order chi connectivity index (χ1) is 9.17. The SMILES string of the molecule is CNCc1nc(CN(C)Cc2ccc(Br)cc2)cs1. The van der Waals surface area contributed by atoms with Gasteiger partial charge in [0.25, 0.3) is 0 Å². The molecule has 2 aromatic rings. The first kappa shape index (κ1) is 14.7. The zero-order chi connectivity index (χ0) is 13.7. The minimum Gasteiger partial charge on any atom is -0.314 e. The highest BCUT2D eigenvalue weighted by atomic mass is 79.9. The van der Waals surface area contributed by atoms with Crippen LogP contribution in [0, 0.1) is 0 Å². The van der Waals surface area contributed by atoms with E-state index in [1.54, 1.807) is 11.3 Å². The molecule has 1 heterocycles. The van der Waals surface area contributed by atoms with Crippen molar-refractivity contribution in [2.75, 3.05) is 14.1 Å². The Kier molecular flexibility index (Phi) is 5.51. The Morgan fingerprint density at radius 2 is 2.00 bits per heavy atom. The fourth-order valence-corrected chi connectivity index (χ4v) is 2.95. The lowest BCUT2D eigenvalue weighted by atomic mass is 10.2. The number of benzene rings is 1. The Labute approximate surface area is 126 Å². The summed E-state index contributed by atoms with van der Waals surface area (Å²) in [6.07, 6.45) is 0. The van der Waals surface area contributed by atoms with Crippen LogP contribution in [-0.2, 0) is 19.6 Å². The molecule has 0 saturated heterocycles. The molecule has 3 nitrogen and oxygen atoms in total. The quantitative estimate of drug-likeness (QED) is 0.875. The normalized spacial score (nSPS) is 11.2. The van der Waals surface area contributed by atoms with Crippen molar-refractivity contribution in [2.45, 2.75) is 19.6 Å². The summed E-state index contributed by atoms with van der Waals surface area (Å²) in [4.78, 5) is 6.88. The zero-order valence-corrected chi connectivity index (χ0v) is 13.6. The molecule has 102 valence electrons. The van der Waals surface area contributed by atoms with Crippen LogP contribution >= 0.6 is 27.3 Å². The van der Waals surface area contributed by atoms with Gasteiger partial charge in [-0.3, -0.25) is 4.90 Å². The first-order valence-corrected chi connectivity index (χ1v) is 7.85. The Hall–Kier alpha value is -0.750. The monoisotopic (exact) mass is 339 g/mol. The Bertz CT molecular complexity index is 510. The number of rotatable bonds is 6. The molecular formula is C14H18BrN3S. The maximum absolute atomic E-state index is 4.60. The third kappa shape index (κ3) is 4.69. The van der Waals surface area contributed by atoms with Crippen LogP contribution in [0.25, 0.3) is 0 Å². The van der Waals surface area contributed by atoms with Crippen molar-refractivity contribution in [3.05, 3.63) is 50.4 Å². The Balaban J connectivity index is 1.89. The van der Waals surface area contributed by atoms with E-state index >= 15 is 0 Å². The highest BCUT2D eigenvalue weighted by molar-refractivity contribution is 9.10. The number of nitrogens with one attached hydrogen (secondary N) is 1. The lowest BCUT2D eigenvalue weighted by molar-refractivity contribution is 0.315. The van der Waals surface area contributed by atoms with Gasteiger partial charge in [-0.2, -0.15) is 0 Å². The molecule has 0 fully saturated rings. The smallest absolute Gasteiger partial charge is 0.107 e. The van der Waals surface area contributed by atoms with Gasteiger partial charge in [0.2, 0.25) is 0 Å².